The van der Waals surface area contributed by atoms with Gasteiger partial charge >= 0.3 is 5.97 Å². The summed E-state index contributed by atoms with van der Waals surface area (Å²) in [6.07, 6.45) is 1.51. The van der Waals surface area contributed by atoms with Crippen molar-refractivity contribution in [2.45, 2.75) is 35.1 Å². The number of esters is 1. The summed E-state index contributed by atoms with van der Waals surface area (Å²) in [6, 6.07) is 9.76. The fourth-order valence-corrected chi connectivity index (χ4v) is 1.15. The Balaban J connectivity index is -0.000000534. The summed E-state index contributed by atoms with van der Waals surface area (Å²) in [5, 5.41) is 0. The van der Waals surface area contributed by atoms with Gasteiger partial charge in [-0.2, -0.15) is 0 Å². The van der Waals surface area contributed by atoms with Gasteiger partial charge in [-0.1, -0.05) is 51.6 Å². The van der Waals surface area contributed by atoms with Gasteiger partial charge in [-0.15, -0.1) is 0 Å². The molecule has 0 saturated carbocycles. The van der Waals surface area contributed by atoms with Gasteiger partial charge in [-0.25, -0.2) is 4.79 Å². The first kappa shape index (κ1) is 17.8. The van der Waals surface area contributed by atoms with E-state index in [0.717, 1.165) is 11.1 Å². The molecule has 0 unspecified atom stereocenters. The van der Waals surface area contributed by atoms with Crippen LogP contribution in [-0.2, 0) is 9.53 Å². The Morgan fingerprint density at radius 2 is 1.82 bits per heavy atom. The summed E-state index contributed by atoms with van der Waals surface area (Å²) in [7, 11) is 0. The van der Waals surface area contributed by atoms with Crippen LogP contribution in [0, 0.1) is 0 Å². The molecule has 0 aliphatic carbocycles. The summed E-state index contributed by atoms with van der Waals surface area (Å²) < 4.78 is 4.82. The molecule has 2 nitrogen and oxygen atoms in total. The third-order valence-corrected chi connectivity index (χ3v) is 1.85. The number of benzene rings is 1. The molecular weight excluding hydrogens is 212 g/mol. The Morgan fingerprint density at radius 3 is 2.29 bits per heavy atom. The van der Waals surface area contributed by atoms with Crippen LogP contribution in [0.3, 0.4) is 0 Å². The van der Waals surface area contributed by atoms with E-state index in [1.807, 2.05) is 51.1 Å². The second-order valence-corrected chi connectivity index (χ2v) is 2.95. The van der Waals surface area contributed by atoms with Crippen LogP contribution in [0.4, 0.5) is 0 Å². The number of allylic oxidation sites excluding steroid dienone is 1. The van der Waals surface area contributed by atoms with Crippen LogP contribution >= 0.6 is 0 Å². The van der Waals surface area contributed by atoms with Crippen LogP contribution in [0.2, 0.25) is 0 Å². The summed E-state index contributed by atoms with van der Waals surface area (Å²) in [6.45, 7) is 8.10. The zero-order valence-electron chi connectivity index (χ0n) is 10.5. The van der Waals surface area contributed by atoms with Crippen LogP contribution < -0.4 is 0 Å². The van der Waals surface area contributed by atoms with Crippen molar-refractivity contribution in [3.8, 4) is 0 Å². The molecule has 0 saturated heterocycles. The molecular formula is C15H26O2. The second kappa shape index (κ2) is 10.9. The molecule has 17 heavy (non-hydrogen) atoms. The number of hydrogen-bond donors (Lipinski definition) is 0. The monoisotopic (exact) mass is 238 g/mol. The predicted octanol–water partition coefficient (Wildman–Crippen LogP) is 4.56. The number of carbonyl (C=O) groups excluding carboxylic acids is 1. The zero-order chi connectivity index (χ0) is 12.4. The van der Waals surface area contributed by atoms with Gasteiger partial charge in [-0.05, 0) is 25.0 Å². The molecule has 0 heterocycles. The zero-order valence-corrected chi connectivity index (χ0v) is 10.5. The lowest BCUT2D eigenvalue weighted by atomic mass is 10.1. The Kier molecular flexibility index (Phi) is 11.5. The highest BCUT2D eigenvalue weighted by molar-refractivity contribution is 5.90. The number of hydrogen-bond acceptors (Lipinski definition) is 2. The van der Waals surface area contributed by atoms with Gasteiger partial charge in [0.15, 0.2) is 0 Å². The van der Waals surface area contributed by atoms with Crippen molar-refractivity contribution in [2.75, 3.05) is 6.61 Å². The Hall–Kier alpha value is -1.57. The molecule has 0 aromatic heterocycles. The molecule has 2 heteroatoms. The molecule has 0 bridgehead atoms. The lowest BCUT2D eigenvalue weighted by Gasteiger charge is -2.00. The molecule has 0 fully saturated rings. The summed E-state index contributed by atoms with van der Waals surface area (Å²) >= 11 is 0. The van der Waals surface area contributed by atoms with Crippen molar-refractivity contribution in [1.82, 2.24) is 0 Å². The van der Waals surface area contributed by atoms with E-state index >= 15 is 0 Å². The second-order valence-electron chi connectivity index (χ2n) is 2.95. The summed E-state index contributed by atoms with van der Waals surface area (Å²) in [4.78, 5) is 11.1. The van der Waals surface area contributed by atoms with Gasteiger partial charge in [0.25, 0.3) is 0 Å². The van der Waals surface area contributed by atoms with Crippen molar-refractivity contribution < 1.29 is 11.0 Å². The first-order valence-electron chi connectivity index (χ1n) is 5.64. The topological polar surface area (TPSA) is 26.3 Å². The average molecular weight is 238 g/mol. The van der Waals surface area contributed by atoms with Crippen LogP contribution in [-0.4, -0.2) is 12.6 Å². The van der Waals surface area contributed by atoms with Gasteiger partial charge < -0.3 is 4.74 Å². The number of ether oxygens (including phenoxy) is 1. The smallest absolute Gasteiger partial charge is 0.331 e. The first-order chi connectivity index (χ1) is 7.74. The largest absolute Gasteiger partial charge is 0.463 e. The van der Waals surface area contributed by atoms with Gasteiger partial charge in [0.05, 0.1) is 6.61 Å². The van der Waals surface area contributed by atoms with Crippen LogP contribution in [0.15, 0.2) is 36.4 Å². The third kappa shape index (κ3) is 7.34. The molecule has 1 rings (SSSR count). The molecule has 0 radical (unpaired) electrons. The molecule has 0 atom stereocenters. The minimum absolute atomic E-state index is 0. The third-order valence-electron chi connectivity index (χ3n) is 1.85. The maximum Gasteiger partial charge on any atom is 0.331 e. The fraction of sp³-hybridized carbons (Fsp3) is 0.400. The minimum Gasteiger partial charge on any atom is -0.463 e. The maximum absolute atomic E-state index is 11.1. The van der Waals surface area contributed by atoms with E-state index in [1.165, 1.54) is 6.08 Å². The van der Waals surface area contributed by atoms with E-state index in [-0.39, 0.29) is 14.8 Å². The SMILES string of the molecule is C.CC.CCOC(=O)/C=C(\C)c1ccccc1.[HH]. The molecule has 1 aromatic rings. The predicted molar refractivity (Wildman–Crippen MR) is 76.9 cm³/mol. The van der Waals surface area contributed by atoms with E-state index in [1.54, 1.807) is 6.92 Å². The van der Waals surface area contributed by atoms with Crippen molar-refractivity contribution >= 4 is 11.5 Å². The van der Waals surface area contributed by atoms with Gasteiger partial charge in [0, 0.05) is 7.50 Å². The molecule has 1 aromatic carbocycles. The summed E-state index contributed by atoms with van der Waals surface area (Å²) in [5.41, 5.74) is 1.96. The van der Waals surface area contributed by atoms with Gasteiger partial charge in [0.1, 0.15) is 0 Å². The standard InChI is InChI=1S/C12H14O2.C2H6.CH4.H2/c1-3-14-12(13)9-10(2)11-7-5-4-6-8-11;1-2;;/h4-9H,3H2,1-2H3;1-2H3;1H4;1H/b10-9+;;;. The van der Waals surface area contributed by atoms with E-state index in [2.05, 4.69) is 0 Å². The summed E-state index contributed by atoms with van der Waals surface area (Å²) in [5.74, 6) is -0.283. The van der Waals surface area contributed by atoms with Gasteiger partial charge in [0.2, 0.25) is 0 Å². The molecule has 98 valence electrons. The van der Waals surface area contributed by atoms with E-state index in [4.69, 9.17) is 4.74 Å². The molecule has 0 spiro atoms. The van der Waals surface area contributed by atoms with E-state index in [9.17, 15) is 4.79 Å². The van der Waals surface area contributed by atoms with Crippen molar-refractivity contribution in [1.29, 1.82) is 0 Å². The molecule has 0 amide bonds. The Bertz CT molecular complexity index is 332. The van der Waals surface area contributed by atoms with Crippen molar-refractivity contribution in [3.05, 3.63) is 42.0 Å². The number of rotatable bonds is 3. The van der Waals surface area contributed by atoms with Crippen LogP contribution in [0.1, 0.15) is 42.1 Å². The quantitative estimate of drug-likeness (QED) is 0.570. The minimum atomic E-state index is -0.283. The Morgan fingerprint density at radius 1 is 1.29 bits per heavy atom. The highest BCUT2D eigenvalue weighted by Gasteiger charge is 1.99. The normalized spacial score (nSPS) is 9.53. The van der Waals surface area contributed by atoms with Crippen LogP contribution in [0.25, 0.3) is 5.57 Å². The molecule has 0 N–H and O–H groups in total. The lowest BCUT2D eigenvalue weighted by molar-refractivity contribution is -0.137. The number of carbonyl (C=O) groups is 1. The lowest BCUT2D eigenvalue weighted by Crippen LogP contribution is -2.00. The Labute approximate surface area is 107 Å². The first-order valence-corrected chi connectivity index (χ1v) is 5.64. The highest BCUT2D eigenvalue weighted by atomic mass is 16.5. The maximum atomic E-state index is 11.1. The van der Waals surface area contributed by atoms with E-state index < -0.39 is 0 Å². The average Bonchev–Trinajstić information content (AvgIpc) is 2.33. The molecule has 0 aliphatic rings. The van der Waals surface area contributed by atoms with E-state index in [0.29, 0.717) is 6.61 Å². The highest BCUT2D eigenvalue weighted by Crippen LogP contribution is 2.12. The van der Waals surface area contributed by atoms with Crippen molar-refractivity contribution in [3.63, 3.8) is 0 Å². The van der Waals surface area contributed by atoms with Gasteiger partial charge in [-0.3, -0.25) is 0 Å². The fourth-order valence-electron chi connectivity index (χ4n) is 1.15. The van der Waals surface area contributed by atoms with Crippen molar-refractivity contribution in [2.24, 2.45) is 0 Å². The molecule has 0 aliphatic heterocycles. The van der Waals surface area contributed by atoms with Crippen LogP contribution in [0.5, 0.6) is 0 Å².